The van der Waals surface area contributed by atoms with Crippen molar-refractivity contribution in [3.05, 3.63) is 12.2 Å². The number of amides is 1. The topological polar surface area (TPSA) is 75.4 Å². The van der Waals surface area contributed by atoms with Gasteiger partial charge in [-0.2, -0.15) is 0 Å². The zero-order valence-electron chi connectivity index (χ0n) is 8.28. The lowest BCUT2D eigenvalue weighted by Crippen LogP contribution is -2.37. The van der Waals surface area contributed by atoms with E-state index in [-0.39, 0.29) is 18.1 Å². The summed E-state index contributed by atoms with van der Waals surface area (Å²) in [4.78, 5) is 11.2. The quantitative estimate of drug-likeness (QED) is 0.555. The Balaban J connectivity index is 2.24. The molecule has 0 aromatic rings. The molecule has 0 aromatic carbocycles. The Morgan fingerprint density at radius 2 is 2.07 bits per heavy atom. The first-order valence-corrected chi connectivity index (χ1v) is 5.07. The standard InChI is InChI=1S/C10H18N2O2/c11-7-1-2-10(14)12-8-3-5-9(13)6-4-8/h1-2,8-9,13H,3-7,11H2,(H,12,14)/b2-1+. The van der Waals surface area contributed by atoms with Crippen molar-refractivity contribution in [1.29, 1.82) is 0 Å². The normalized spacial score (nSPS) is 27.9. The lowest BCUT2D eigenvalue weighted by Gasteiger charge is -2.25. The van der Waals surface area contributed by atoms with E-state index in [9.17, 15) is 9.90 Å². The number of aliphatic hydroxyl groups is 1. The molecule has 0 aromatic heterocycles. The molecule has 1 fully saturated rings. The SMILES string of the molecule is NC/C=C/C(=O)NC1CCC(O)CC1. The monoisotopic (exact) mass is 198 g/mol. The molecule has 0 radical (unpaired) electrons. The molecule has 4 heteroatoms. The second-order valence-corrected chi connectivity index (χ2v) is 3.65. The van der Waals surface area contributed by atoms with Crippen molar-refractivity contribution >= 4 is 5.91 Å². The predicted molar refractivity (Wildman–Crippen MR) is 54.6 cm³/mol. The van der Waals surface area contributed by atoms with Gasteiger partial charge in [-0.1, -0.05) is 6.08 Å². The van der Waals surface area contributed by atoms with E-state index in [0.29, 0.717) is 6.54 Å². The van der Waals surface area contributed by atoms with Crippen LogP contribution in [0.3, 0.4) is 0 Å². The molecule has 0 bridgehead atoms. The summed E-state index contributed by atoms with van der Waals surface area (Å²) in [6, 6.07) is 0.216. The van der Waals surface area contributed by atoms with Crippen LogP contribution < -0.4 is 11.1 Å². The maximum Gasteiger partial charge on any atom is 0.243 e. The van der Waals surface area contributed by atoms with Gasteiger partial charge in [-0.05, 0) is 25.7 Å². The van der Waals surface area contributed by atoms with E-state index in [1.54, 1.807) is 6.08 Å². The second-order valence-electron chi connectivity index (χ2n) is 3.65. The summed E-state index contributed by atoms with van der Waals surface area (Å²) in [7, 11) is 0. The minimum atomic E-state index is -0.178. The molecule has 0 saturated heterocycles. The third-order valence-corrected chi connectivity index (χ3v) is 2.45. The fourth-order valence-electron chi connectivity index (χ4n) is 1.64. The van der Waals surface area contributed by atoms with Gasteiger partial charge in [-0.3, -0.25) is 4.79 Å². The summed E-state index contributed by atoms with van der Waals surface area (Å²) in [6.07, 6.45) is 6.21. The molecule has 0 unspecified atom stereocenters. The van der Waals surface area contributed by atoms with E-state index in [0.717, 1.165) is 25.7 Å². The highest BCUT2D eigenvalue weighted by Gasteiger charge is 2.19. The maximum absolute atomic E-state index is 11.2. The third-order valence-electron chi connectivity index (χ3n) is 2.45. The van der Waals surface area contributed by atoms with Crippen LogP contribution in [0, 0.1) is 0 Å². The fourth-order valence-corrected chi connectivity index (χ4v) is 1.64. The summed E-state index contributed by atoms with van der Waals surface area (Å²) in [6.45, 7) is 0.386. The highest BCUT2D eigenvalue weighted by molar-refractivity contribution is 5.87. The minimum Gasteiger partial charge on any atom is -0.393 e. The molecule has 4 N–H and O–H groups in total. The van der Waals surface area contributed by atoms with Crippen LogP contribution >= 0.6 is 0 Å². The highest BCUT2D eigenvalue weighted by atomic mass is 16.3. The summed E-state index contributed by atoms with van der Waals surface area (Å²) >= 11 is 0. The van der Waals surface area contributed by atoms with Gasteiger partial charge in [0, 0.05) is 18.7 Å². The van der Waals surface area contributed by atoms with Crippen molar-refractivity contribution in [2.75, 3.05) is 6.54 Å². The van der Waals surface area contributed by atoms with Crippen LogP contribution in [-0.4, -0.2) is 29.7 Å². The van der Waals surface area contributed by atoms with E-state index >= 15 is 0 Å². The number of hydrogen-bond donors (Lipinski definition) is 3. The van der Waals surface area contributed by atoms with Crippen LogP contribution in [-0.2, 0) is 4.79 Å². The van der Waals surface area contributed by atoms with Crippen molar-refractivity contribution in [2.24, 2.45) is 5.73 Å². The molecular formula is C10H18N2O2. The van der Waals surface area contributed by atoms with Gasteiger partial charge in [0.25, 0.3) is 0 Å². The van der Waals surface area contributed by atoms with Crippen LogP contribution in [0.15, 0.2) is 12.2 Å². The van der Waals surface area contributed by atoms with Gasteiger partial charge in [0.1, 0.15) is 0 Å². The van der Waals surface area contributed by atoms with Gasteiger partial charge in [-0.15, -0.1) is 0 Å². The smallest absolute Gasteiger partial charge is 0.243 e. The molecule has 1 saturated carbocycles. The Labute approximate surface area is 84.2 Å². The Hall–Kier alpha value is -0.870. The minimum absolute atomic E-state index is 0.0863. The molecule has 0 heterocycles. The number of rotatable bonds is 3. The Kier molecular flexibility index (Phi) is 4.62. The van der Waals surface area contributed by atoms with Crippen LogP contribution in [0.5, 0.6) is 0 Å². The van der Waals surface area contributed by atoms with Gasteiger partial charge in [0.15, 0.2) is 0 Å². The summed E-state index contributed by atoms with van der Waals surface area (Å²) in [5.74, 6) is -0.0863. The second kappa shape index (κ2) is 5.78. The van der Waals surface area contributed by atoms with Crippen LogP contribution in [0.1, 0.15) is 25.7 Å². The van der Waals surface area contributed by atoms with Gasteiger partial charge in [-0.25, -0.2) is 0 Å². The van der Waals surface area contributed by atoms with Crippen molar-refractivity contribution in [1.82, 2.24) is 5.32 Å². The zero-order chi connectivity index (χ0) is 10.4. The van der Waals surface area contributed by atoms with E-state index in [2.05, 4.69) is 5.32 Å². The summed E-state index contributed by atoms with van der Waals surface area (Å²) in [5, 5.41) is 12.1. The number of nitrogens with two attached hydrogens (primary N) is 1. The molecule has 1 amide bonds. The van der Waals surface area contributed by atoms with E-state index < -0.39 is 0 Å². The largest absolute Gasteiger partial charge is 0.393 e. The van der Waals surface area contributed by atoms with E-state index in [1.165, 1.54) is 6.08 Å². The third kappa shape index (κ3) is 3.89. The van der Waals surface area contributed by atoms with Crippen LogP contribution in [0.2, 0.25) is 0 Å². The predicted octanol–water partition coefficient (Wildman–Crippen LogP) is -0.0790. The van der Waals surface area contributed by atoms with Crippen molar-refractivity contribution in [2.45, 2.75) is 37.8 Å². The molecular weight excluding hydrogens is 180 g/mol. The molecule has 0 aliphatic heterocycles. The number of aliphatic hydroxyl groups excluding tert-OH is 1. The molecule has 0 spiro atoms. The van der Waals surface area contributed by atoms with Gasteiger partial charge in [0.2, 0.25) is 5.91 Å². The Bertz CT molecular complexity index is 208. The lowest BCUT2D eigenvalue weighted by molar-refractivity contribution is -0.117. The number of hydrogen-bond acceptors (Lipinski definition) is 3. The first-order valence-electron chi connectivity index (χ1n) is 5.07. The number of carbonyl (C=O) groups is 1. The number of nitrogens with one attached hydrogen (secondary N) is 1. The molecule has 14 heavy (non-hydrogen) atoms. The fraction of sp³-hybridized carbons (Fsp3) is 0.700. The first kappa shape index (κ1) is 11.2. The molecule has 0 atom stereocenters. The first-order chi connectivity index (χ1) is 6.72. The summed E-state index contributed by atoms with van der Waals surface area (Å²) in [5.41, 5.74) is 5.23. The van der Waals surface area contributed by atoms with Crippen LogP contribution in [0.4, 0.5) is 0 Å². The molecule has 1 rings (SSSR count). The highest BCUT2D eigenvalue weighted by Crippen LogP contribution is 2.18. The number of carbonyl (C=O) groups excluding carboxylic acids is 1. The van der Waals surface area contributed by atoms with Crippen LogP contribution in [0.25, 0.3) is 0 Å². The van der Waals surface area contributed by atoms with Gasteiger partial charge >= 0.3 is 0 Å². The van der Waals surface area contributed by atoms with E-state index in [4.69, 9.17) is 5.73 Å². The lowest BCUT2D eigenvalue weighted by atomic mass is 9.93. The van der Waals surface area contributed by atoms with Gasteiger partial charge < -0.3 is 16.2 Å². The molecule has 1 aliphatic carbocycles. The molecule has 1 aliphatic rings. The van der Waals surface area contributed by atoms with E-state index in [1.807, 2.05) is 0 Å². The molecule has 4 nitrogen and oxygen atoms in total. The maximum atomic E-state index is 11.2. The zero-order valence-corrected chi connectivity index (χ0v) is 8.28. The van der Waals surface area contributed by atoms with Crippen molar-refractivity contribution in [3.63, 3.8) is 0 Å². The average Bonchev–Trinajstić information content (AvgIpc) is 2.18. The van der Waals surface area contributed by atoms with Gasteiger partial charge in [0.05, 0.1) is 6.10 Å². The Morgan fingerprint density at radius 1 is 1.43 bits per heavy atom. The molecule has 80 valence electrons. The summed E-state index contributed by atoms with van der Waals surface area (Å²) < 4.78 is 0. The Morgan fingerprint density at radius 3 is 2.64 bits per heavy atom. The van der Waals surface area contributed by atoms with Crippen molar-refractivity contribution in [3.8, 4) is 0 Å². The van der Waals surface area contributed by atoms with Crippen molar-refractivity contribution < 1.29 is 9.90 Å². The average molecular weight is 198 g/mol.